The molecule has 0 spiro atoms. The summed E-state index contributed by atoms with van der Waals surface area (Å²) in [5, 5.41) is 9.79. The molecule has 1 aromatic carbocycles. The largest absolute Gasteiger partial charge is 0.493 e. The van der Waals surface area contributed by atoms with Crippen LogP contribution in [-0.2, 0) is 0 Å². The topological polar surface area (TPSA) is 103 Å². The van der Waals surface area contributed by atoms with Crippen LogP contribution in [0.2, 0.25) is 0 Å². The standard InChI is InChI=1S/C12H14N4O3/c1-3-18-9-6-4-5-8(13)10(9)11(17)14-12-16-15-7(2)19-12/h4-6H,3,13H2,1-2H3,(H,14,16,17). The second kappa shape index (κ2) is 5.38. The second-order valence-corrected chi connectivity index (χ2v) is 3.73. The van der Waals surface area contributed by atoms with Crippen molar-refractivity contribution in [3.05, 3.63) is 29.7 Å². The first-order valence-electron chi connectivity index (χ1n) is 5.74. The predicted molar refractivity (Wildman–Crippen MR) is 69.0 cm³/mol. The highest BCUT2D eigenvalue weighted by Gasteiger charge is 2.18. The van der Waals surface area contributed by atoms with E-state index in [0.29, 0.717) is 23.9 Å². The third-order valence-electron chi connectivity index (χ3n) is 2.33. The number of aryl methyl sites for hydroxylation is 1. The van der Waals surface area contributed by atoms with Crippen molar-refractivity contribution in [1.29, 1.82) is 0 Å². The summed E-state index contributed by atoms with van der Waals surface area (Å²) in [5.74, 6) is 0.322. The first-order chi connectivity index (χ1) is 9.11. The van der Waals surface area contributed by atoms with E-state index in [1.54, 1.807) is 25.1 Å². The summed E-state index contributed by atoms with van der Waals surface area (Å²) in [6.07, 6.45) is 0. The molecule has 0 atom stereocenters. The number of ether oxygens (including phenoxy) is 1. The number of hydrogen-bond donors (Lipinski definition) is 2. The van der Waals surface area contributed by atoms with Gasteiger partial charge in [-0.1, -0.05) is 11.2 Å². The van der Waals surface area contributed by atoms with Gasteiger partial charge in [0.05, 0.1) is 6.61 Å². The fraction of sp³-hybridized carbons (Fsp3) is 0.250. The summed E-state index contributed by atoms with van der Waals surface area (Å²) in [4.78, 5) is 12.1. The van der Waals surface area contributed by atoms with Gasteiger partial charge in [0.2, 0.25) is 5.89 Å². The van der Waals surface area contributed by atoms with Crippen LogP contribution in [0.25, 0.3) is 0 Å². The van der Waals surface area contributed by atoms with Gasteiger partial charge in [-0.2, -0.15) is 0 Å². The number of amides is 1. The number of nitrogens with one attached hydrogen (secondary N) is 1. The molecule has 3 N–H and O–H groups in total. The zero-order valence-corrected chi connectivity index (χ0v) is 10.6. The van der Waals surface area contributed by atoms with Gasteiger partial charge >= 0.3 is 6.01 Å². The number of aromatic nitrogens is 2. The van der Waals surface area contributed by atoms with Crippen LogP contribution < -0.4 is 15.8 Å². The Labute approximate surface area is 109 Å². The van der Waals surface area contributed by atoms with Gasteiger partial charge in [-0.3, -0.25) is 10.1 Å². The molecule has 7 nitrogen and oxygen atoms in total. The van der Waals surface area contributed by atoms with Crippen molar-refractivity contribution in [2.45, 2.75) is 13.8 Å². The molecular weight excluding hydrogens is 248 g/mol. The van der Waals surface area contributed by atoms with Gasteiger partial charge in [0.1, 0.15) is 11.3 Å². The number of anilines is 2. The lowest BCUT2D eigenvalue weighted by molar-refractivity contribution is 0.102. The molecule has 0 aliphatic carbocycles. The molecule has 0 saturated carbocycles. The van der Waals surface area contributed by atoms with E-state index in [0.717, 1.165) is 0 Å². The van der Waals surface area contributed by atoms with Crippen molar-refractivity contribution in [2.24, 2.45) is 0 Å². The number of nitrogens with two attached hydrogens (primary N) is 1. The minimum Gasteiger partial charge on any atom is -0.493 e. The third kappa shape index (κ3) is 2.82. The summed E-state index contributed by atoms with van der Waals surface area (Å²) in [7, 11) is 0. The predicted octanol–water partition coefficient (Wildman–Crippen LogP) is 1.61. The lowest BCUT2D eigenvalue weighted by Crippen LogP contribution is -2.16. The lowest BCUT2D eigenvalue weighted by atomic mass is 10.1. The number of benzene rings is 1. The Balaban J connectivity index is 2.27. The van der Waals surface area contributed by atoms with Crippen LogP contribution in [0.3, 0.4) is 0 Å². The van der Waals surface area contributed by atoms with Crippen LogP contribution in [0.5, 0.6) is 5.75 Å². The van der Waals surface area contributed by atoms with Crippen LogP contribution in [0.1, 0.15) is 23.2 Å². The fourth-order valence-corrected chi connectivity index (χ4v) is 1.57. The zero-order chi connectivity index (χ0) is 13.8. The molecule has 100 valence electrons. The summed E-state index contributed by atoms with van der Waals surface area (Å²) >= 11 is 0. The van der Waals surface area contributed by atoms with Gasteiger partial charge in [-0.15, -0.1) is 5.10 Å². The number of nitrogens with zero attached hydrogens (tertiary/aromatic N) is 2. The molecule has 0 aliphatic heterocycles. The van der Waals surface area contributed by atoms with Crippen molar-refractivity contribution in [1.82, 2.24) is 10.2 Å². The fourth-order valence-electron chi connectivity index (χ4n) is 1.57. The maximum atomic E-state index is 12.1. The zero-order valence-electron chi connectivity index (χ0n) is 10.6. The molecule has 19 heavy (non-hydrogen) atoms. The lowest BCUT2D eigenvalue weighted by Gasteiger charge is -2.11. The summed E-state index contributed by atoms with van der Waals surface area (Å²) in [6.45, 7) is 3.89. The first kappa shape index (κ1) is 12.9. The molecule has 0 aliphatic rings. The molecule has 1 aromatic heterocycles. The molecule has 0 saturated heterocycles. The van der Waals surface area contributed by atoms with E-state index >= 15 is 0 Å². The molecule has 7 heteroatoms. The highest BCUT2D eigenvalue weighted by molar-refractivity contribution is 6.08. The summed E-state index contributed by atoms with van der Waals surface area (Å²) < 4.78 is 10.5. The number of hydrogen-bond acceptors (Lipinski definition) is 6. The third-order valence-corrected chi connectivity index (χ3v) is 2.33. The normalized spacial score (nSPS) is 10.2. The van der Waals surface area contributed by atoms with Gasteiger partial charge in [0, 0.05) is 12.6 Å². The Bertz CT molecular complexity index is 594. The van der Waals surface area contributed by atoms with Crippen LogP contribution >= 0.6 is 0 Å². The van der Waals surface area contributed by atoms with Crippen LogP contribution in [0.15, 0.2) is 22.6 Å². The summed E-state index contributed by atoms with van der Waals surface area (Å²) in [5.41, 5.74) is 6.37. The van der Waals surface area contributed by atoms with Gasteiger partial charge < -0.3 is 14.9 Å². The van der Waals surface area contributed by atoms with Crippen LogP contribution in [0, 0.1) is 6.92 Å². The number of rotatable bonds is 4. The van der Waals surface area contributed by atoms with Crippen molar-refractivity contribution in [3.8, 4) is 5.75 Å². The Morgan fingerprint density at radius 2 is 2.26 bits per heavy atom. The smallest absolute Gasteiger partial charge is 0.322 e. The Morgan fingerprint density at radius 3 is 2.89 bits per heavy atom. The van der Waals surface area contributed by atoms with Gasteiger partial charge in [0.15, 0.2) is 0 Å². The van der Waals surface area contributed by atoms with Gasteiger partial charge in [-0.25, -0.2) is 0 Å². The molecular formula is C12H14N4O3. The maximum absolute atomic E-state index is 12.1. The number of carbonyl (C=O) groups excluding carboxylic acids is 1. The van der Waals surface area contributed by atoms with Crippen molar-refractivity contribution < 1.29 is 13.9 Å². The molecule has 1 amide bonds. The first-order valence-corrected chi connectivity index (χ1v) is 5.74. The summed E-state index contributed by atoms with van der Waals surface area (Å²) in [6, 6.07) is 5.03. The number of carbonyl (C=O) groups is 1. The van der Waals surface area contributed by atoms with Crippen molar-refractivity contribution >= 4 is 17.6 Å². The highest BCUT2D eigenvalue weighted by atomic mass is 16.5. The quantitative estimate of drug-likeness (QED) is 0.811. The van der Waals surface area contributed by atoms with E-state index in [1.807, 2.05) is 6.92 Å². The van der Waals surface area contributed by atoms with Gasteiger partial charge in [0.25, 0.3) is 5.91 Å². The van der Waals surface area contributed by atoms with Crippen LogP contribution in [0.4, 0.5) is 11.7 Å². The average Bonchev–Trinajstić information content (AvgIpc) is 2.75. The molecule has 0 unspecified atom stereocenters. The van der Waals surface area contributed by atoms with Crippen molar-refractivity contribution in [3.63, 3.8) is 0 Å². The van der Waals surface area contributed by atoms with E-state index in [1.165, 1.54) is 0 Å². The second-order valence-electron chi connectivity index (χ2n) is 3.73. The van der Waals surface area contributed by atoms with E-state index in [4.69, 9.17) is 14.9 Å². The Morgan fingerprint density at radius 1 is 1.47 bits per heavy atom. The number of nitrogen functional groups attached to an aromatic ring is 1. The minimum atomic E-state index is -0.454. The maximum Gasteiger partial charge on any atom is 0.322 e. The van der Waals surface area contributed by atoms with E-state index < -0.39 is 5.91 Å². The molecule has 2 aromatic rings. The van der Waals surface area contributed by atoms with Crippen molar-refractivity contribution in [2.75, 3.05) is 17.7 Å². The van der Waals surface area contributed by atoms with Crippen LogP contribution in [-0.4, -0.2) is 22.7 Å². The molecule has 1 heterocycles. The van der Waals surface area contributed by atoms with E-state index in [9.17, 15) is 4.79 Å². The van der Waals surface area contributed by atoms with Gasteiger partial charge in [-0.05, 0) is 19.1 Å². The highest BCUT2D eigenvalue weighted by Crippen LogP contribution is 2.25. The van der Waals surface area contributed by atoms with E-state index in [2.05, 4.69) is 15.5 Å². The molecule has 0 bridgehead atoms. The Kier molecular flexibility index (Phi) is 3.65. The molecule has 0 fully saturated rings. The Hall–Kier alpha value is -2.57. The minimum absolute atomic E-state index is 0.0215. The molecule has 0 radical (unpaired) electrons. The monoisotopic (exact) mass is 262 g/mol. The molecule has 2 rings (SSSR count). The average molecular weight is 262 g/mol. The van der Waals surface area contributed by atoms with E-state index in [-0.39, 0.29) is 11.6 Å². The SMILES string of the molecule is CCOc1cccc(N)c1C(=O)Nc1nnc(C)o1.